The Bertz CT molecular complexity index is 903. The van der Waals surface area contributed by atoms with Crippen LogP contribution >= 0.6 is 11.6 Å². The molecule has 1 fully saturated rings. The second-order valence-corrected chi connectivity index (χ2v) is 7.74. The number of hydrazine groups is 1. The van der Waals surface area contributed by atoms with E-state index in [1.807, 2.05) is 61.3 Å². The summed E-state index contributed by atoms with van der Waals surface area (Å²) in [5.74, 6) is -0.0617. The quantitative estimate of drug-likeness (QED) is 0.756. The highest BCUT2D eigenvalue weighted by atomic mass is 35.5. The Kier molecular flexibility index (Phi) is 3.98. The predicted octanol–water partition coefficient (Wildman–Crippen LogP) is 4.39. The van der Waals surface area contributed by atoms with Crippen LogP contribution in [0.1, 0.15) is 42.2 Å². The molecular formula is C21H19ClN2O2. The van der Waals surface area contributed by atoms with Crippen molar-refractivity contribution in [3.05, 3.63) is 82.5 Å². The van der Waals surface area contributed by atoms with Crippen molar-refractivity contribution in [1.29, 1.82) is 0 Å². The Balaban J connectivity index is 1.83. The van der Waals surface area contributed by atoms with E-state index in [-0.39, 0.29) is 23.3 Å². The van der Waals surface area contributed by atoms with Gasteiger partial charge in [-0.2, -0.15) is 5.01 Å². The van der Waals surface area contributed by atoms with Crippen LogP contribution < -0.4 is 0 Å². The molecule has 0 aliphatic carbocycles. The van der Waals surface area contributed by atoms with Crippen molar-refractivity contribution in [3.63, 3.8) is 0 Å². The molecule has 0 saturated carbocycles. The fraction of sp³-hybridized carbons (Fsp3) is 0.238. The summed E-state index contributed by atoms with van der Waals surface area (Å²) in [7, 11) is 0. The number of carbonyl (C=O) groups excluding carboxylic acids is 2. The summed E-state index contributed by atoms with van der Waals surface area (Å²) >= 11 is 6.04. The maximum atomic E-state index is 13.2. The molecule has 1 unspecified atom stereocenters. The lowest BCUT2D eigenvalue weighted by atomic mass is 9.90. The molecule has 1 saturated heterocycles. The summed E-state index contributed by atoms with van der Waals surface area (Å²) in [5.41, 5.74) is 1.77. The van der Waals surface area contributed by atoms with Crippen LogP contribution in [0.4, 0.5) is 0 Å². The molecule has 1 atom stereocenters. The van der Waals surface area contributed by atoms with E-state index in [0.717, 1.165) is 5.56 Å². The van der Waals surface area contributed by atoms with Crippen molar-refractivity contribution >= 4 is 23.3 Å². The van der Waals surface area contributed by atoms with E-state index in [2.05, 4.69) is 0 Å². The zero-order valence-corrected chi connectivity index (χ0v) is 15.4. The smallest absolute Gasteiger partial charge is 0.242 e. The zero-order valence-electron chi connectivity index (χ0n) is 14.6. The number of Topliss-reactive ketones (excluding diaryl/α,β-unsaturated/α-hetero) is 1. The minimum absolute atomic E-state index is 0.00447. The van der Waals surface area contributed by atoms with E-state index in [0.29, 0.717) is 22.6 Å². The average molecular weight is 367 g/mol. The van der Waals surface area contributed by atoms with Gasteiger partial charge in [0.2, 0.25) is 5.91 Å². The van der Waals surface area contributed by atoms with Gasteiger partial charge in [0.05, 0.1) is 6.04 Å². The first kappa shape index (κ1) is 17.0. The summed E-state index contributed by atoms with van der Waals surface area (Å²) in [6, 6.07) is 16.3. The summed E-state index contributed by atoms with van der Waals surface area (Å²) in [5, 5.41) is 4.25. The van der Waals surface area contributed by atoms with E-state index in [4.69, 9.17) is 11.6 Å². The van der Waals surface area contributed by atoms with Crippen LogP contribution in [0.3, 0.4) is 0 Å². The Morgan fingerprint density at radius 1 is 1.08 bits per heavy atom. The van der Waals surface area contributed by atoms with E-state index >= 15 is 0 Å². The molecule has 2 aromatic carbocycles. The number of rotatable bonds is 3. The van der Waals surface area contributed by atoms with Crippen molar-refractivity contribution in [3.8, 4) is 0 Å². The van der Waals surface area contributed by atoms with Crippen LogP contribution in [0.2, 0.25) is 5.02 Å². The Hall–Kier alpha value is -2.43. The van der Waals surface area contributed by atoms with Crippen molar-refractivity contribution in [2.75, 3.05) is 0 Å². The number of benzene rings is 2. The largest absolute Gasteiger partial charge is 0.289 e. The topological polar surface area (TPSA) is 40.6 Å². The average Bonchev–Trinajstić information content (AvgIpc) is 3.13. The molecule has 4 rings (SSSR count). The fourth-order valence-electron chi connectivity index (χ4n) is 3.79. The molecule has 2 heterocycles. The number of carbonyl (C=O) groups is 2. The molecule has 0 bridgehead atoms. The van der Waals surface area contributed by atoms with E-state index in [1.54, 1.807) is 23.3 Å². The number of halogens is 1. The first-order valence-corrected chi connectivity index (χ1v) is 8.94. The standard InChI is InChI=1S/C21H19ClN2O2/c1-21(2)12-18(25)23-13-17(20(26)15-6-4-3-5-7-15)19(24(21)23)14-8-10-16(22)11-9-14/h3-11,13,19H,12H2,1-2H3. The number of fused-ring (bicyclic) bond motifs is 1. The van der Waals surface area contributed by atoms with Crippen molar-refractivity contribution in [2.24, 2.45) is 0 Å². The molecule has 5 heteroatoms. The van der Waals surface area contributed by atoms with E-state index in [1.165, 1.54) is 0 Å². The zero-order chi connectivity index (χ0) is 18.5. The fourth-order valence-corrected chi connectivity index (χ4v) is 3.92. The summed E-state index contributed by atoms with van der Waals surface area (Å²) in [4.78, 5) is 25.7. The predicted molar refractivity (Wildman–Crippen MR) is 100 cm³/mol. The van der Waals surface area contributed by atoms with Crippen LogP contribution in [0.15, 0.2) is 66.4 Å². The van der Waals surface area contributed by atoms with Gasteiger partial charge in [-0.05, 0) is 31.5 Å². The number of ketones is 1. The first-order chi connectivity index (χ1) is 12.4. The molecule has 2 aromatic rings. The first-order valence-electron chi connectivity index (χ1n) is 8.57. The van der Waals surface area contributed by atoms with Gasteiger partial charge in [-0.3, -0.25) is 9.59 Å². The highest BCUT2D eigenvalue weighted by molar-refractivity contribution is 6.30. The molecule has 0 radical (unpaired) electrons. The molecule has 2 aliphatic heterocycles. The molecule has 132 valence electrons. The van der Waals surface area contributed by atoms with Crippen molar-refractivity contribution in [2.45, 2.75) is 31.8 Å². The van der Waals surface area contributed by atoms with Gasteiger partial charge in [-0.25, -0.2) is 5.01 Å². The number of hydrogen-bond acceptors (Lipinski definition) is 3. The summed E-state index contributed by atoms with van der Waals surface area (Å²) in [6.07, 6.45) is 2.12. The molecular weight excluding hydrogens is 348 g/mol. The maximum absolute atomic E-state index is 13.2. The van der Waals surface area contributed by atoms with Crippen LogP contribution in [0, 0.1) is 0 Å². The number of hydrogen-bond donors (Lipinski definition) is 0. The third kappa shape index (κ3) is 2.66. The normalized spacial score (nSPS) is 21.7. The Morgan fingerprint density at radius 2 is 1.73 bits per heavy atom. The van der Waals surface area contributed by atoms with Crippen LogP contribution in [0.5, 0.6) is 0 Å². The molecule has 26 heavy (non-hydrogen) atoms. The van der Waals surface area contributed by atoms with Crippen molar-refractivity contribution < 1.29 is 9.59 Å². The van der Waals surface area contributed by atoms with Crippen LogP contribution in [-0.2, 0) is 4.79 Å². The Labute approximate surface area is 157 Å². The van der Waals surface area contributed by atoms with Gasteiger partial charge in [0.25, 0.3) is 0 Å². The maximum Gasteiger partial charge on any atom is 0.242 e. The molecule has 0 N–H and O–H groups in total. The lowest BCUT2D eigenvalue weighted by Gasteiger charge is -2.36. The molecule has 4 nitrogen and oxygen atoms in total. The van der Waals surface area contributed by atoms with E-state index < -0.39 is 0 Å². The van der Waals surface area contributed by atoms with Gasteiger partial charge in [-0.15, -0.1) is 0 Å². The van der Waals surface area contributed by atoms with Gasteiger partial charge in [0.15, 0.2) is 5.78 Å². The third-order valence-corrected chi connectivity index (χ3v) is 5.23. The second kappa shape index (κ2) is 6.08. The molecule has 2 aliphatic rings. The lowest BCUT2D eigenvalue weighted by molar-refractivity contribution is -0.134. The molecule has 1 amide bonds. The number of nitrogens with zero attached hydrogens (tertiary/aromatic N) is 2. The van der Waals surface area contributed by atoms with Gasteiger partial charge >= 0.3 is 0 Å². The van der Waals surface area contributed by atoms with Gasteiger partial charge in [0, 0.05) is 34.3 Å². The van der Waals surface area contributed by atoms with Crippen LogP contribution in [-0.4, -0.2) is 27.2 Å². The summed E-state index contributed by atoms with van der Waals surface area (Å²) < 4.78 is 0. The highest BCUT2D eigenvalue weighted by Gasteiger charge is 2.52. The Morgan fingerprint density at radius 3 is 2.38 bits per heavy atom. The highest BCUT2D eigenvalue weighted by Crippen LogP contribution is 2.47. The van der Waals surface area contributed by atoms with Gasteiger partial charge in [-0.1, -0.05) is 54.1 Å². The van der Waals surface area contributed by atoms with Gasteiger partial charge < -0.3 is 0 Å². The van der Waals surface area contributed by atoms with Crippen LogP contribution in [0.25, 0.3) is 0 Å². The molecule has 0 aromatic heterocycles. The number of amides is 1. The summed E-state index contributed by atoms with van der Waals surface area (Å²) in [6.45, 7) is 4.05. The van der Waals surface area contributed by atoms with Gasteiger partial charge in [0.1, 0.15) is 0 Å². The molecule has 0 spiro atoms. The second-order valence-electron chi connectivity index (χ2n) is 7.31. The minimum Gasteiger partial charge on any atom is -0.289 e. The lowest BCUT2D eigenvalue weighted by Crippen LogP contribution is -2.44. The third-order valence-electron chi connectivity index (χ3n) is 4.98. The monoisotopic (exact) mass is 366 g/mol. The van der Waals surface area contributed by atoms with E-state index in [9.17, 15) is 9.59 Å². The van der Waals surface area contributed by atoms with Crippen molar-refractivity contribution in [1.82, 2.24) is 10.0 Å². The SMILES string of the molecule is CC1(C)CC(=O)N2C=C(C(=O)c3ccccc3)C(c3ccc(Cl)cc3)N21. The minimum atomic E-state index is -0.378.